The number of alkyl carbamates (subject to hydrolysis) is 1. The van der Waals surface area contributed by atoms with Crippen LogP contribution < -0.4 is 10.6 Å². The van der Waals surface area contributed by atoms with Crippen LogP contribution in [0.2, 0.25) is 0 Å². The van der Waals surface area contributed by atoms with Gasteiger partial charge in [0.1, 0.15) is 11.2 Å². The molecule has 1 heterocycles. The lowest BCUT2D eigenvalue weighted by molar-refractivity contribution is 0.00689. The number of esters is 2. The van der Waals surface area contributed by atoms with Crippen molar-refractivity contribution in [1.29, 1.82) is 0 Å². The second-order valence-electron chi connectivity index (χ2n) is 12.3. The zero-order chi connectivity index (χ0) is 31.9. The Kier molecular flexibility index (Phi) is 10.6. The summed E-state index contributed by atoms with van der Waals surface area (Å²) in [4.78, 5) is 55.2. The summed E-state index contributed by atoms with van der Waals surface area (Å²) >= 11 is 0. The van der Waals surface area contributed by atoms with Crippen LogP contribution in [0.15, 0.2) is 42.5 Å². The number of ether oxygens (including phenoxy) is 3. The molecule has 0 aliphatic carbocycles. The molecule has 43 heavy (non-hydrogen) atoms. The van der Waals surface area contributed by atoms with Gasteiger partial charge in [-0.15, -0.1) is 0 Å². The van der Waals surface area contributed by atoms with Gasteiger partial charge in [0.2, 0.25) is 5.95 Å². The van der Waals surface area contributed by atoms with Gasteiger partial charge in [0.25, 0.3) is 5.91 Å². The lowest BCUT2D eigenvalue weighted by atomic mass is 10.1. The van der Waals surface area contributed by atoms with E-state index in [0.29, 0.717) is 36.0 Å². The highest BCUT2D eigenvalue weighted by atomic mass is 16.6. The van der Waals surface area contributed by atoms with E-state index in [9.17, 15) is 19.2 Å². The summed E-state index contributed by atoms with van der Waals surface area (Å²) in [6.07, 6.45) is 1.62. The minimum absolute atomic E-state index is 0.194. The van der Waals surface area contributed by atoms with E-state index in [0.717, 1.165) is 6.42 Å². The summed E-state index contributed by atoms with van der Waals surface area (Å²) in [5.74, 6) is -1.29. The number of unbranched alkanes of at least 4 members (excludes halogenated alkanes) is 1. The molecule has 0 bridgehead atoms. The molecule has 0 aliphatic heterocycles. The molecule has 232 valence electrons. The van der Waals surface area contributed by atoms with E-state index in [1.807, 2.05) is 11.5 Å². The number of rotatable bonds is 10. The first-order valence-electron chi connectivity index (χ1n) is 14.3. The van der Waals surface area contributed by atoms with Gasteiger partial charge < -0.3 is 24.1 Å². The fourth-order valence-electron chi connectivity index (χ4n) is 4.44. The molecule has 2 aromatic carbocycles. The Morgan fingerprint density at radius 2 is 1.53 bits per heavy atom. The SMILES string of the molecule is COC(=O)c1cccc2nc(NC(=O)c3cccc(C(=O)OC(C)(C)C)c3)n(C(C)CCCCNC(=O)OC(C)(C)C)c12. The van der Waals surface area contributed by atoms with Crippen molar-refractivity contribution in [2.75, 3.05) is 19.0 Å². The van der Waals surface area contributed by atoms with Crippen LogP contribution in [0.3, 0.4) is 0 Å². The second-order valence-corrected chi connectivity index (χ2v) is 12.3. The first-order chi connectivity index (χ1) is 20.1. The molecule has 1 atom stereocenters. The number of hydrogen-bond acceptors (Lipinski definition) is 8. The van der Waals surface area contributed by atoms with Crippen molar-refractivity contribution in [2.24, 2.45) is 0 Å². The van der Waals surface area contributed by atoms with Gasteiger partial charge >= 0.3 is 18.0 Å². The number of imidazole rings is 1. The van der Waals surface area contributed by atoms with E-state index in [-0.39, 0.29) is 23.1 Å². The molecule has 3 aromatic rings. The average molecular weight is 595 g/mol. The van der Waals surface area contributed by atoms with Gasteiger partial charge in [-0.25, -0.2) is 19.4 Å². The highest BCUT2D eigenvalue weighted by molar-refractivity contribution is 6.07. The van der Waals surface area contributed by atoms with Crippen LogP contribution in [0.5, 0.6) is 0 Å². The van der Waals surface area contributed by atoms with Gasteiger partial charge in [-0.1, -0.05) is 12.1 Å². The number of aromatic nitrogens is 2. The Morgan fingerprint density at radius 3 is 2.19 bits per heavy atom. The van der Waals surface area contributed by atoms with Crippen LogP contribution in [-0.2, 0) is 14.2 Å². The number of benzene rings is 2. The van der Waals surface area contributed by atoms with Crippen LogP contribution in [0, 0.1) is 0 Å². The third kappa shape index (κ3) is 9.29. The first-order valence-corrected chi connectivity index (χ1v) is 14.3. The number of nitrogens with zero attached hydrogens (tertiary/aromatic N) is 2. The van der Waals surface area contributed by atoms with Gasteiger partial charge in [0, 0.05) is 18.2 Å². The molecular formula is C32H42N4O7. The van der Waals surface area contributed by atoms with Crippen molar-refractivity contribution in [3.63, 3.8) is 0 Å². The number of hydrogen-bond donors (Lipinski definition) is 2. The number of fused-ring (bicyclic) bond motifs is 1. The minimum Gasteiger partial charge on any atom is -0.465 e. The molecule has 0 spiro atoms. The predicted octanol–water partition coefficient (Wildman–Crippen LogP) is 6.29. The first kappa shape index (κ1) is 33.1. The van der Waals surface area contributed by atoms with Crippen molar-refractivity contribution < 1.29 is 33.4 Å². The molecule has 3 rings (SSSR count). The highest BCUT2D eigenvalue weighted by Gasteiger charge is 2.24. The normalized spacial score (nSPS) is 12.4. The van der Waals surface area contributed by atoms with E-state index < -0.39 is 35.1 Å². The molecule has 2 amide bonds. The van der Waals surface area contributed by atoms with E-state index in [4.69, 9.17) is 14.2 Å². The smallest absolute Gasteiger partial charge is 0.407 e. The predicted molar refractivity (Wildman–Crippen MR) is 163 cm³/mol. The number of carbonyl (C=O) groups excluding carboxylic acids is 4. The molecule has 11 nitrogen and oxygen atoms in total. The molecule has 0 saturated carbocycles. The van der Waals surface area contributed by atoms with Crippen molar-refractivity contribution in [3.05, 3.63) is 59.2 Å². The Balaban J connectivity index is 1.85. The molecule has 11 heteroatoms. The molecule has 1 unspecified atom stereocenters. The number of para-hydroxylation sites is 1. The Bertz CT molecular complexity index is 1480. The summed E-state index contributed by atoms with van der Waals surface area (Å²) in [6, 6.07) is 11.2. The largest absolute Gasteiger partial charge is 0.465 e. The van der Waals surface area contributed by atoms with E-state index in [1.165, 1.54) is 13.2 Å². The van der Waals surface area contributed by atoms with Crippen LogP contribution >= 0.6 is 0 Å². The third-order valence-electron chi connectivity index (χ3n) is 6.26. The van der Waals surface area contributed by atoms with Gasteiger partial charge in [-0.05, 0) is 98.1 Å². The van der Waals surface area contributed by atoms with E-state index >= 15 is 0 Å². The van der Waals surface area contributed by atoms with Crippen LogP contribution in [0.25, 0.3) is 11.0 Å². The van der Waals surface area contributed by atoms with Gasteiger partial charge in [-0.2, -0.15) is 0 Å². The zero-order valence-electron chi connectivity index (χ0n) is 26.2. The number of amides is 2. The quantitative estimate of drug-likeness (QED) is 0.159. The molecular weight excluding hydrogens is 552 g/mol. The Labute approximate surface area is 252 Å². The third-order valence-corrected chi connectivity index (χ3v) is 6.26. The Morgan fingerprint density at radius 1 is 0.884 bits per heavy atom. The lowest BCUT2D eigenvalue weighted by Crippen LogP contribution is -2.33. The number of carbonyl (C=O) groups is 4. The number of nitrogens with one attached hydrogen (secondary N) is 2. The molecule has 0 aliphatic rings. The van der Waals surface area contributed by atoms with Crippen molar-refractivity contribution >= 4 is 40.9 Å². The summed E-state index contributed by atoms with van der Waals surface area (Å²) in [5.41, 5.74) is 0.605. The van der Waals surface area contributed by atoms with E-state index in [2.05, 4.69) is 15.6 Å². The zero-order valence-corrected chi connectivity index (χ0v) is 26.2. The molecule has 0 radical (unpaired) electrons. The Hall–Kier alpha value is -4.41. The molecule has 2 N–H and O–H groups in total. The highest BCUT2D eigenvalue weighted by Crippen LogP contribution is 2.30. The monoisotopic (exact) mass is 594 g/mol. The van der Waals surface area contributed by atoms with Crippen molar-refractivity contribution in [2.45, 2.75) is 85.0 Å². The standard InChI is InChI=1S/C32H42N4O7/c1-20(13-9-10-18-33-30(40)43-32(5,6)7)36-25-23(28(39)41-8)16-12-17-24(25)34-29(36)35-26(37)21-14-11-15-22(19-21)27(38)42-31(2,3)4/h11-12,14-17,19-20H,9-10,13,18H2,1-8H3,(H,33,40)(H,34,35,37). The second kappa shape index (κ2) is 13.7. The van der Waals surface area contributed by atoms with Gasteiger partial charge in [0.15, 0.2) is 0 Å². The lowest BCUT2D eigenvalue weighted by Gasteiger charge is -2.20. The summed E-state index contributed by atoms with van der Waals surface area (Å²) in [6.45, 7) is 13.1. The summed E-state index contributed by atoms with van der Waals surface area (Å²) in [7, 11) is 1.31. The number of anilines is 1. The maximum absolute atomic E-state index is 13.4. The molecule has 1 aromatic heterocycles. The summed E-state index contributed by atoms with van der Waals surface area (Å²) in [5, 5.41) is 5.63. The van der Waals surface area contributed by atoms with Crippen LogP contribution in [0.1, 0.15) is 105 Å². The summed E-state index contributed by atoms with van der Waals surface area (Å²) < 4.78 is 17.6. The van der Waals surface area contributed by atoms with Gasteiger partial charge in [-0.3, -0.25) is 10.1 Å². The van der Waals surface area contributed by atoms with Gasteiger partial charge in [0.05, 0.1) is 29.3 Å². The fourth-order valence-corrected chi connectivity index (χ4v) is 4.44. The fraction of sp³-hybridized carbons (Fsp3) is 0.469. The number of methoxy groups -OCH3 is 1. The molecule has 0 fully saturated rings. The van der Waals surface area contributed by atoms with E-state index in [1.54, 1.807) is 77.9 Å². The maximum Gasteiger partial charge on any atom is 0.407 e. The van der Waals surface area contributed by atoms with Crippen LogP contribution in [-0.4, -0.2) is 58.3 Å². The van der Waals surface area contributed by atoms with Crippen molar-refractivity contribution in [1.82, 2.24) is 14.9 Å². The van der Waals surface area contributed by atoms with Crippen LogP contribution in [0.4, 0.5) is 10.7 Å². The average Bonchev–Trinajstić information content (AvgIpc) is 3.28. The minimum atomic E-state index is -0.681. The molecule has 0 saturated heterocycles. The maximum atomic E-state index is 13.4. The van der Waals surface area contributed by atoms with Crippen molar-refractivity contribution in [3.8, 4) is 0 Å². The topological polar surface area (TPSA) is 138 Å².